The quantitative estimate of drug-likeness (QED) is 0.162. The number of aliphatic carboxylic acids is 1. The Balaban J connectivity index is 1.32. The van der Waals surface area contributed by atoms with Gasteiger partial charge < -0.3 is 44.1 Å². The van der Waals surface area contributed by atoms with Gasteiger partial charge in [-0.05, 0) is 95.1 Å². The van der Waals surface area contributed by atoms with Crippen LogP contribution in [0.1, 0.15) is 134 Å². The highest BCUT2D eigenvalue weighted by Gasteiger charge is 2.63. The van der Waals surface area contributed by atoms with Crippen LogP contribution in [0.4, 0.5) is 0 Å². The molecule has 0 aliphatic carbocycles. The fourth-order valence-electron chi connectivity index (χ4n) is 10.9. The van der Waals surface area contributed by atoms with E-state index in [9.17, 15) is 30.0 Å². The molecule has 0 saturated carbocycles. The van der Waals surface area contributed by atoms with E-state index in [1.165, 1.54) is 0 Å². The van der Waals surface area contributed by atoms with E-state index >= 15 is 0 Å². The number of carbonyl (C=O) groups excluding carboxylic acids is 1. The highest BCUT2D eigenvalue weighted by Crippen LogP contribution is 2.54. The van der Waals surface area contributed by atoms with Crippen molar-refractivity contribution in [3.63, 3.8) is 0 Å². The lowest BCUT2D eigenvalue weighted by molar-refractivity contribution is -0.409. The van der Waals surface area contributed by atoms with Gasteiger partial charge in [0, 0.05) is 30.1 Å². The maximum Gasteiger partial charge on any atom is 0.309 e. The first-order valence-corrected chi connectivity index (χ1v) is 21.1. The van der Waals surface area contributed by atoms with Crippen molar-refractivity contribution in [2.75, 3.05) is 0 Å². The van der Waals surface area contributed by atoms with Gasteiger partial charge in [0.1, 0.15) is 11.9 Å². The molecule has 19 unspecified atom stereocenters. The lowest BCUT2D eigenvalue weighted by atomic mass is 9.72. The van der Waals surface area contributed by atoms with Gasteiger partial charge in [-0.25, -0.2) is 0 Å². The molecule has 11 heteroatoms. The largest absolute Gasteiger partial charge is 0.481 e. The number of aliphatic hydroxyl groups excluding tert-OH is 2. The number of carboxylic acid groups (broad SMARTS) is 1. The zero-order valence-corrected chi connectivity index (χ0v) is 34.8. The molecule has 0 aromatic rings. The third-order valence-electron chi connectivity index (χ3n) is 14.8. The van der Waals surface area contributed by atoms with E-state index in [2.05, 4.69) is 20.8 Å². The first kappa shape index (κ1) is 43.7. The molecule has 5 aliphatic rings. The fourth-order valence-corrected chi connectivity index (χ4v) is 10.9. The number of carboxylic acids is 1. The van der Waals surface area contributed by atoms with Crippen LogP contribution in [0.15, 0.2) is 12.2 Å². The highest BCUT2D eigenvalue weighted by molar-refractivity contribution is 5.84. The van der Waals surface area contributed by atoms with Gasteiger partial charge in [0.2, 0.25) is 5.79 Å². The number of rotatable bonds is 12. The molecule has 4 fully saturated rings. The van der Waals surface area contributed by atoms with Gasteiger partial charge in [0.15, 0.2) is 5.79 Å². The summed E-state index contributed by atoms with van der Waals surface area (Å²) >= 11 is 0. The Labute approximate surface area is 323 Å². The number of hydrogen-bond acceptors (Lipinski definition) is 10. The van der Waals surface area contributed by atoms with Crippen molar-refractivity contribution in [1.82, 2.24) is 0 Å². The standard InChI is InChI=1S/C43H72O11/c1-12-30(35(46)27(8)34(45)28(9)36-23(4)21-24(5)37(51-36)31(13-2)39(47)48)38-25(6)22-26(7)42(52-38)18-15-32(44)43(54-42)20-19-40(11,53-43)33-16-17-41(49,14-3)29(10)50-33/h15,18,23-34,36-38,44-45,49H,12-14,16-17,19-22H2,1-11H3,(H,47,48). The van der Waals surface area contributed by atoms with E-state index in [1.54, 1.807) is 19.1 Å². The fraction of sp³-hybridized carbons (Fsp3) is 0.907. The third kappa shape index (κ3) is 7.88. The Bertz CT molecular complexity index is 1360. The van der Waals surface area contributed by atoms with Crippen LogP contribution in [0.25, 0.3) is 0 Å². The summed E-state index contributed by atoms with van der Waals surface area (Å²) in [5, 5.41) is 44.2. The molecule has 11 nitrogen and oxygen atoms in total. The van der Waals surface area contributed by atoms with E-state index in [-0.39, 0.29) is 47.8 Å². The predicted molar refractivity (Wildman–Crippen MR) is 203 cm³/mol. The minimum atomic E-state index is -1.37. The molecule has 0 aromatic heterocycles. The average Bonchev–Trinajstić information content (AvgIpc) is 3.47. The van der Waals surface area contributed by atoms with Crippen molar-refractivity contribution in [1.29, 1.82) is 0 Å². The number of aliphatic hydroxyl groups is 3. The normalized spacial score (nSPS) is 46.9. The van der Waals surface area contributed by atoms with Gasteiger partial charge in [0.25, 0.3) is 0 Å². The smallest absolute Gasteiger partial charge is 0.309 e. The monoisotopic (exact) mass is 765 g/mol. The summed E-state index contributed by atoms with van der Waals surface area (Å²) in [6.45, 7) is 21.7. The summed E-state index contributed by atoms with van der Waals surface area (Å²) in [7, 11) is 0. The molecule has 5 rings (SSSR count). The van der Waals surface area contributed by atoms with E-state index in [0.29, 0.717) is 51.4 Å². The lowest BCUT2D eigenvalue weighted by Gasteiger charge is -2.54. The van der Waals surface area contributed by atoms with Crippen LogP contribution in [0.3, 0.4) is 0 Å². The van der Waals surface area contributed by atoms with Crippen molar-refractivity contribution in [3.8, 4) is 0 Å². The summed E-state index contributed by atoms with van der Waals surface area (Å²) < 4.78 is 33.6. The van der Waals surface area contributed by atoms with Gasteiger partial charge in [-0.1, -0.05) is 62.3 Å². The summed E-state index contributed by atoms with van der Waals surface area (Å²) in [5.74, 6) is -5.80. The summed E-state index contributed by atoms with van der Waals surface area (Å²) in [6, 6.07) is 0. The molecule has 310 valence electrons. The van der Waals surface area contributed by atoms with Crippen LogP contribution in [0, 0.1) is 47.3 Å². The van der Waals surface area contributed by atoms with Crippen molar-refractivity contribution in [2.24, 2.45) is 47.3 Å². The van der Waals surface area contributed by atoms with E-state index in [1.807, 2.05) is 48.5 Å². The topological polar surface area (TPSA) is 161 Å². The van der Waals surface area contributed by atoms with Crippen LogP contribution in [-0.4, -0.2) is 97.7 Å². The van der Waals surface area contributed by atoms with E-state index in [0.717, 1.165) is 6.42 Å². The molecule has 0 aromatic carbocycles. The number of hydrogen-bond donors (Lipinski definition) is 4. The Morgan fingerprint density at radius 3 is 2.07 bits per heavy atom. The van der Waals surface area contributed by atoms with E-state index < -0.39 is 76.8 Å². The Morgan fingerprint density at radius 2 is 1.48 bits per heavy atom. The molecule has 5 aliphatic heterocycles. The maximum atomic E-state index is 14.5. The molecule has 54 heavy (non-hydrogen) atoms. The Hall–Kier alpha value is -1.44. The van der Waals surface area contributed by atoms with Crippen molar-refractivity contribution in [2.45, 2.75) is 199 Å². The molecule has 0 radical (unpaired) electrons. The lowest BCUT2D eigenvalue weighted by Crippen LogP contribution is -2.63. The van der Waals surface area contributed by atoms with Crippen LogP contribution >= 0.6 is 0 Å². The van der Waals surface area contributed by atoms with Crippen molar-refractivity contribution in [3.05, 3.63) is 12.2 Å². The first-order chi connectivity index (χ1) is 25.2. The summed E-state index contributed by atoms with van der Waals surface area (Å²) in [4.78, 5) is 26.6. The molecular formula is C43H72O11. The predicted octanol–water partition coefficient (Wildman–Crippen LogP) is 6.43. The zero-order chi connectivity index (χ0) is 40.1. The third-order valence-corrected chi connectivity index (χ3v) is 14.8. The number of carbonyl (C=O) groups is 2. The average molecular weight is 765 g/mol. The second-order valence-electron chi connectivity index (χ2n) is 18.5. The van der Waals surface area contributed by atoms with Gasteiger partial charge in [-0.3, -0.25) is 9.59 Å². The van der Waals surface area contributed by atoms with Crippen LogP contribution < -0.4 is 0 Å². The number of ketones is 1. The molecule has 5 heterocycles. The second-order valence-corrected chi connectivity index (χ2v) is 18.5. The van der Waals surface area contributed by atoms with Crippen molar-refractivity contribution >= 4 is 11.8 Å². The zero-order valence-electron chi connectivity index (χ0n) is 34.8. The van der Waals surface area contributed by atoms with Gasteiger partial charge in [-0.15, -0.1) is 0 Å². The highest BCUT2D eigenvalue weighted by atomic mass is 16.8. The van der Waals surface area contributed by atoms with Gasteiger partial charge in [-0.2, -0.15) is 0 Å². The maximum absolute atomic E-state index is 14.5. The number of Topliss-reactive ketones (excluding diaryl/α,β-unsaturated/α-hetero) is 1. The van der Waals surface area contributed by atoms with Gasteiger partial charge in [0.05, 0.1) is 53.7 Å². The van der Waals surface area contributed by atoms with Crippen molar-refractivity contribution < 1.29 is 53.7 Å². The molecule has 0 amide bonds. The minimum absolute atomic E-state index is 0.0104. The van der Waals surface area contributed by atoms with Crippen LogP contribution in [-0.2, 0) is 33.3 Å². The van der Waals surface area contributed by atoms with Crippen LogP contribution in [0.5, 0.6) is 0 Å². The Morgan fingerprint density at radius 1 is 0.852 bits per heavy atom. The summed E-state index contributed by atoms with van der Waals surface area (Å²) in [6.07, 6.45) is 4.75. The molecule has 4 N–H and O–H groups in total. The molecule has 19 atom stereocenters. The second kappa shape index (κ2) is 16.4. The SMILES string of the molecule is CCC(C(=O)O)C1OC(C(C)C(O)C(C)C(=O)C(CC)C2OC3(C=CC(O)C4(CCC(C)(C5CCC(O)(CC)C(C)O5)O4)O3)C(C)CC2C)C(C)CC1C. The van der Waals surface area contributed by atoms with Gasteiger partial charge >= 0.3 is 5.97 Å². The minimum Gasteiger partial charge on any atom is -0.481 e. The molecule has 2 spiro atoms. The number of ether oxygens (including phenoxy) is 5. The molecule has 0 bridgehead atoms. The first-order valence-electron chi connectivity index (χ1n) is 21.1. The summed E-state index contributed by atoms with van der Waals surface area (Å²) in [5.41, 5.74) is -1.63. The van der Waals surface area contributed by atoms with E-state index in [4.69, 9.17) is 23.7 Å². The Kier molecular flexibility index (Phi) is 13.3. The van der Waals surface area contributed by atoms with Crippen LogP contribution in [0.2, 0.25) is 0 Å². The molecule has 4 saturated heterocycles. The molecular weight excluding hydrogens is 692 g/mol.